The van der Waals surface area contributed by atoms with Crippen molar-refractivity contribution in [3.8, 4) is 5.75 Å². The van der Waals surface area contributed by atoms with Gasteiger partial charge in [-0.15, -0.1) is 0 Å². The van der Waals surface area contributed by atoms with Crippen LogP contribution in [0.5, 0.6) is 5.75 Å². The number of anilines is 1. The van der Waals surface area contributed by atoms with Gasteiger partial charge in [-0.05, 0) is 70.0 Å². The van der Waals surface area contributed by atoms with Crippen molar-refractivity contribution < 1.29 is 28.2 Å². The molecule has 0 saturated carbocycles. The van der Waals surface area contributed by atoms with Gasteiger partial charge in [0.25, 0.3) is 5.91 Å². The topological polar surface area (TPSA) is 97.0 Å². The quantitative estimate of drug-likeness (QED) is 0.536. The van der Waals surface area contributed by atoms with Crippen LogP contribution in [0.2, 0.25) is 10.0 Å². The van der Waals surface area contributed by atoms with Crippen molar-refractivity contribution in [3.63, 3.8) is 0 Å². The smallest absolute Gasteiger partial charge is 0.411 e. The lowest BCUT2D eigenvalue weighted by Gasteiger charge is -2.39. The fraction of sp³-hybridized carbons (Fsp3) is 0.400. The standard InChI is InChI=1S/C25H28Cl2FN3O5/c1-25(2,3)36-24(34)31-13-17(29-22(32)14-35-18-9-10-19(27)20(28)12-18)8-11-21(31)23(33)30-16-6-4-15(26)5-7-16/h4-7,9-10,12,17,21H,8,11,13-14H2,1-3H3,(H,29,32)(H,30,33)/t17?,21-/m0/s1. The van der Waals surface area contributed by atoms with E-state index in [1.165, 1.54) is 17.0 Å². The Labute approximate surface area is 219 Å². The lowest BCUT2D eigenvalue weighted by molar-refractivity contribution is -0.125. The molecule has 2 N–H and O–H groups in total. The summed E-state index contributed by atoms with van der Waals surface area (Å²) in [5.74, 6) is -1.33. The van der Waals surface area contributed by atoms with E-state index in [0.29, 0.717) is 23.6 Å². The number of hydrogen-bond donors (Lipinski definition) is 2. The first-order valence-electron chi connectivity index (χ1n) is 11.3. The van der Waals surface area contributed by atoms with E-state index >= 15 is 0 Å². The third-order valence-corrected chi connectivity index (χ3v) is 5.81. The number of nitrogens with one attached hydrogen (secondary N) is 2. The van der Waals surface area contributed by atoms with Crippen molar-refractivity contribution in [1.29, 1.82) is 0 Å². The van der Waals surface area contributed by atoms with Crippen molar-refractivity contribution >= 4 is 46.8 Å². The lowest BCUT2D eigenvalue weighted by Crippen LogP contribution is -2.58. The van der Waals surface area contributed by atoms with Crippen molar-refractivity contribution in [2.45, 2.75) is 51.3 Å². The molecule has 2 atom stereocenters. The maximum absolute atomic E-state index is 13.6. The van der Waals surface area contributed by atoms with Crippen LogP contribution < -0.4 is 15.4 Å². The van der Waals surface area contributed by atoms with Crippen molar-refractivity contribution in [1.82, 2.24) is 10.2 Å². The van der Waals surface area contributed by atoms with Gasteiger partial charge in [-0.25, -0.2) is 9.18 Å². The Bertz CT molecular complexity index is 1110. The minimum absolute atomic E-state index is 0.0501. The average Bonchev–Trinajstić information content (AvgIpc) is 2.80. The van der Waals surface area contributed by atoms with Crippen molar-refractivity contribution in [2.24, 2.45) is 0 Å². The SMILES string of the molecule is CC(C)(C)OC(=O)N1CC(NC(=O)COc2ccc(Cl)c(F)c2)CC[C@H]1C(=O)Nc1ccc(Cl)cc1. The Hall–Kier alpha value is -3.04. The Morgan fingerprint density at radius 3 is 2.42 bits per heavy atom. The molecule has 3 amide bonds. The lowest BCUT2D eigenvalue weighted by atomic mass is 9.97. The van der Waals surface area contributed by atoms with E-state index in [1.54, 1.807) is 45.0 Å². The predicted molar refractivity (Wildman–Crippen MR) is 135 cm³/mol. The summed E-state index contributed by atoms with van der Waals surface area (Å²) >= 11 is 11.6. The highest BCUT2D eigenvalue weighted by Gasteiger charge is 2.38. The fourth-order valence-corrected chi connectivity index (χ4v) is 3.87. The molecule has 8 nitrogen and oxygen atoms in total. The van der Waals surface area contributed by atoms with Crippen LogP contribution in [0, 0.1) is 5.82 Å². The number of nitrogens with zero attached hydrogens (tertiary/aromatic N) is 1. The number of carbonyl (C=O) groups excluding carboxylic acids is 3. The zero-order valence-corrected chi connectivity index (χ0v) is 21.7. The van der Waals surface area contributed by atoms with Gasteiger partial charge in [0.05, 0.1) is 5.02 Å². The van der Waals surface area contributed by atoms with E-state index in [2.05, 4.69) is 10.6 Å². The molecule has 1 unspecified atom stereocenters. The van der Waals surface area contributed by atoms with E-state index in [-0.39, 0.29) is 29.8 Å². The third-order valence-electron chi connectivity index (χ3n) is 5.25. The average molecular weight is 540 g/mol. The summed E-state index contributed by atoms with van der Waals surface area (Å²) in [7, 11) is 0. The van der Waals surface area contributed by atoms with Gasteiger partial charge in [0.2, 0.25) is 5.91 Å². The third kappa shape index (κ3) is 7.99. The summed E-state index contributed by atoms with van der Waals surface area (Å²) in [5, 5.41) is 6.08. The molecular formula is C25H28Cl2FN3O5. The predicted octanol–water partition coefficient (Wildman–Crippen LogP) is 5.03. The fourth-order valence-electron chi connectivity index (χ4n) is 3.63. The number of halogens is 3. The molecule has 0 radical (unpaired) electrons. The van der Waals surface area contributed by atoms with E-state index in [0.717, 1.165) is 6.07 Å². The van der Waals surface area contributed by atoms with Crippen LogP contribution in [-0.4, -0.2) is 53.6 Å². The van der Waals surface area contributed by atoms with Crippen LogP contribution in [0.15, 0.2) is 42.5 Å². The van der Waals surface area contributed by atoms with Gasteiger partial charge in [0.15, 0.2) is 6.61 Å². The summed E-state index contributed by atoms with van der Waals surface area (Å²) in [4.78, 5) is 39.7. The zero-order chi connectivity index (χ0) is 26.5. The minimum Gasteiger partial charge on any atom is -0.484 e. The highest BCUT2D eigenvalue weighted by Crippen LogP contribution is 2.24. The molecule has 2 aromatic rings. The molecule has 1 saturated heterocycles. The van der Waals surface area contributed by atoms with Crippen LogP contribution in [0.25, 0.3) is 0 Å². The van der Waals surface area contributed by atoms with Crippen LogP contribution in [0.4, 0.5) is 14.9 Å². The Kier molecular flexibility index (Phi) is 9.03. The molecule has 2 aromatic carbocycles. The molecule has 0 bridgehead atoms. The highest BCUT2D eigenvalue weighted by molar-refractivity contribution is 6.31. The first-order chi connectivity index (χ1) is 16.9. The summed E-state index contributed by atoms with van der Waals surface area (Å²) < 4.78 is 24.4. The van der Waals surface area contributed by atoms with Gasteiger partial charge in [-0.2, -0.15) is 0 Å². The number of hydrogen-bond acceptors (Lipinski definition) is 5. The van der Waals surface area contributed by atoms with Gasteiger partial charge in [-0.1, -0.05) is 23.2 Å². The molecule has 194 valence electrons. The van der Waals surface area contributed by atoms with Crippen LogP contribution in [-0.2, 0) is 14.3 Å². The number of likely N-dealkylation sites (tertiary alicyclic amines) is 1. The maximum atomic E-state index is 13.6. The number of piperidine rings is 1. The second kappa shape index (κ2) is 11.8. The molecule has 11 heteroatoms. The molecular weight excluding hydrogens is 512 g/mol. The summed E-state index contributed by atoms with van der Waals surface area (Å²) in [6.45, 7) is 4.90. The van der Waals surface area contributed by atoms with Gasteiger partial charge >= 0.3 is 6.09 Å². The minimum atomic E-state index is -0.794. The number of amides is 3. The van der Waals surface area contributed by atoms with Gasteiger partial charge < -0.3 is 20.1 Å². The molecule has 1 aliphatic rings. The monoisotopic (exact) mass is 539 g/mol. The normalized spacial score (nSPS) is 17.8. The second-order valence-corrected chi connectivity index (χ2v) is 10.2. The van der Waals surface area contributed by atoms with Crippen LogP contribution in [0.3, 0.4) is 0 Å². The first kappa shape index (κ1) is 27.5. The highest BCUT2D eigenvalue weighted by atomic mass is 35.5. The maximum Gasteiger partial charge on any atom is 0.411 e. The van der Waals surface area contributed by atoms with E-state index in [1.807, 2.05) is 0 Å². The number of rotatable bonds is 6. The van der Waals surface area contributed by atoms with Crippen molar-refractivity contribution in [3.05, 3.63) is 58.3 Å². The molecule has 0 spiro atoms. The largest absolute Gasteiger partial charge is 0.484 e. The molecule has 3 rings (SSSR count). The van der Waals surface area contributed by atoms with Gasteiger partial charge in [-0.3, -0.25) is 14.5 Å². The Morgan fingerprint density at radius 2 is 1.78 bits per heavy atom. The Balaban J connectivity index is 1.64. The number of carbonyl (C=O) groups is 3. The molecule has 1 heterocycles. The Morgan fingerprint density at radius 1 is 1.08 bits per heavy atom. The number of ether oxygens (including phenoxy) is 2. The molecule has 0 aliphatic carbocycles. The second-order valence-electron chi connectivity index (χ2n) is 9.35. The number of benzene rings is 2. The summed E-state index contributed by atoms with van der Waals surface area (Å²) in [6, 6.07) is 9.27. The van der Waals surface area contributed by atoms with Gasteiger partial charge in [0, 0.05) is 29.4 Å². The molecule has 36 heavy (non-hydrogen) atoms. The summed E-state index contributed by atoms with van der Waals surface area (Å²) in [5.41, 5.74) is -0.230. The molecule has 1 fully saturated rings. The van der Waals surface area contributed by atoms with E-state index in [4.69, 9.17) is 32.7 Å². The summed E-state index contributed by atoms with van der Waals surface area (Å²) in [6.07, 6.45) is 0.0808. The molecule has 0 aromatic heterocycles. The van der Waals surface area contributed by atoms with Crippen LogP contribution >= 0.6 is 23.2 Å². The van der Waals surface area contributed by atoms with Crippen molar-refractivity contribution in [2.75, 3.05) is 18.5 Å². The van der Waals surface area contributed by atoms with Gasteiger partial charge in [0.1, 0.15) is 23.2 Å². The zero-order valence-electron chi connectivity index (χ0n) is 20.1. The first-order valence-corrected chi connectivity index (χ1v) is 12.1. The van der Waals surface area contributed by atoms with Crippen LogP contribution in [0.1, 0.15) is 33.6 Å². The van der Waals surface area contributed by atoms with E-state index < -0.39 is 35.5 Å². The van der Waals surface area contributed by atoms with E-state index in [9.17, 15) is 18.8 Å². The molecule has 1 aliphatic heterocycles.